The molecule has 0 aliphatic heterocycles. The summed E-state index contributed by atoms with van der Waals surface area (Å²) in [5, 5.41) is 11.2. The second-order valence-corrected chi connectivity index (χ2v) is 4.45. The number of aliphatic carboxylic acids is 1. The fourth-order valence-corrected chi connectivity index (χ4v) is 1.68. The highest BCUT2D eigenvalue weighted by molar-refractivity contribution is 14.1. The molecule has 3 N–H and O–H groups in total. The van der Waals surface area contributed by atoms with Crippen LogP contribution in [0.2, 0.25) is 0 Å². The zero-order valence-corrected chi connectivity index (χ0v) is 10.9. The number of hydrogen-bond donors (Lipinski definition) is 3. The first-order valence-corrected chi connectivity index (χ1v) is 5.68. The first kappa shape index (κ1) is 13.0. The lowest BCUT2D eigenvalue weighted by atomic mass is 10.3. The summed E-state index contributed by atoms with van der Waals surface area (Å²) in [6.45, 7) is 0. The Kier molecular flexibility index (Phi) is 4.80. The Hall–Kier alpha value is -1.03. The summed E-state index contributed by atoms with van der Waals surface area (Å²) in [7, 11) is 0. The molecule has 1 unspecified atom stereocenters. The molecule has 0 aliphatic carbocycles. The third kappa shape index (κ3) is 3.85. The van der Waals surface area contributed by atoms with E-state index in [1.165, 1.54) is 28.9 Å². The average Bonchev–Trinajstić information content (AvgIpc) is 2.65. The number of aromatic nitrogens is 2. The average molecular weight is 353 g/mol. The molecule has 1 atom stereocenters. The first-order valence-electron chi connectivity index (χ1n) is 4.19. The molecule has 0 saturated heterocycles. The Morgan fingerprint density at radius 2 is 2.38 bits per heavy atom. The van der Waals surface area contributed by atoms with Crippen LogP contribution in [0.25, 0.3) is 0 Å². The number of nitrogens with one attached hydrogen (secondary N) is 2. The van der Waals surface area contributed by atoms with Crippen LogP contribution in [0.1, 0.15) is 5.69 Å². The van der Waals surface area contributed by atoms with Crippen molar-refractivity contribution in [3.8, 4) is 0 Å². The van der Waals surface area contributed by atoms with E-state index < -0.39 is 15.8 Å². The van der Waals surface area contributed by atoms with Gasteiger partial charge in [0.25, 0.3) is 0 Å². The second-order valence-electron chi connectivity index (χ2n) is 2.90. The number of rotatable bonds is 5. The van der Waals surface area contributed by atoms with Crippen molar-refractivity contribution in [1.29, 1.82) is 0 Å². The number of halogens is 1. The molecule has 0 aromatic carbocycles. The van der Waals surface area contributed by atoms with Gasteiger partial charge in [0.05, 0.1) is 11.3 Å². The number of carbonyl (C=O) groups excluding carboxylic acids is 1. The topological polar surface area (TPSA) is 95.1 Å². The number of hydrogen-bond acceptors (Lipinski definition) is 4. The molecule has 86 valence electrons. The normalized spacial score (nSPS) is 11.8. The summed E-state index contributed by atoms with van der Waals surface area (Å²) in [6.07, 6.45) is 3.40. The Morgan fingerprint density at radius 1 is 1.69 bits per heavy atom. The molecule has 1 aromatic rings. The summed E-state index contributed by atoms with van der Waals surface area (Å²) in [5.41, 5.74) is 0.752. The predicted octanol–water partition coefficient (Wildman–Crippen LogP) is 0.284. The molecule has 0 spiro atoms. The lowest BCUT2D eigenvalue weighted by Gasteiger charge is -2.11. The Bertz CT molecular complexity index is 393. The molecule has 16 heavy (non-hydrogen) atoms. The van der Waals surface area contributed by atoms with Crippen molar-refractivity contribution in [2.75, 3.05) is 0 Å². The minimum atomic E-state index is -1.30. The lowest BCUT2D eigenvalue weighted by molar-refractivity contribution is -0.140. The standard InChI is InChI=1S/C8H8IN3O3S/c9-7(13)6(8(14)15)12-5(16)1-4-2-10-3-11-4/h2-3,6H,1H2,(H,10,11)(H,12,16)(H,14,15). The number of carbonyl (C=O) groups is 2. The van der Waals surface area contributed by atoms with Crippen LogP contribution in [-0.2, 0) is 16.0 Å². The molecular weight excluding hydrogens is 345 g/mol. The summed E-state index contributed by atoms with van der Waals surface area (Å²) in [6, 6.07) is -1.30. The van der Waals surface area contributed by atoms with Gasteiger partial charge in [-0.25, -0.2) is 9.78 Å². The van der Waals surface area contributed by atoms with E-state index in [0.717, 1.165) is 5.69 Å². The fourth-order valence-electron chi connectivity index (χ4n) is 0.982. The molecule has 0 fully saturated rings. The van der Waals surface area contributed by atoms with E-state index >= 15 is 0 Å². The molecular formula is C8H8IN3O3S. The maximum Gasteiger partial charge on any atom is 0.334 e. The van der Waals surface area contributed by atoms with Crippen LogP contribution in [0.3, 0.4) is 0 Å². The molecule has 0 saturated carbocycles. The maximum atomic E-state index is 11.0. The Balaban J connectivity index is 2.56. The highest BCUT2D eigenvalue weighted by atomic mass is 127. The molecule has 6 nitrogen and oxygen atoms in total. The number of H-pyrrole nitrogens is 1. The van der Waals surface area contributed by atoms with Gasteiger partial charge in [0, 0.05) is 40.9 Å². The van der Waals surface area contributed by atoms with E-state index in [-0.39, 0.29) is 4.99 Å². The third-order valence-electron chi connectivity index (χ3n) is 1.69. The van der Waals surface area contributed by atoms with Crippen molar-refractivity contribution in [2.45, 2.75) is 12.5 Å². The van der Waals surface area contributed by atoms with Crippen LogP contribution >= 0.6 is 34.8 Å². The van der Waals surface area contributed by atoms with E-state index in [1.807, 2.05) is 0 Å². The lowest BCUT2D eigenvalue weighted by Crippen LogP contribution is -2.44. The molecule has 0 amide bonds. The van der Waals surface area contributed by atoms with Gasteiger partial charge in [0.15, 0.2) is 6.04 Å². The monoisotopic (exact) mass is 353 g/mol. The van der Waals surface area contributed by atoms with E-state index in [9.17, 15) is 9.59 Å². The minimum Gasteiger partial charge on any atom is -0.479 e. The number of aromatic amines is 1. The van der Waals surface area contributed by atoms with Crippen molar-refractivity contribution in [2.24, 2.45) is 0 Å². The van der Waals surface area contributed by atoms with E-state index in [4.69, 9.17) is 17.3 Å². The number of carboxylic acids is 1. The maximum absolute atomic E-state index is 11.0. The van der Waals surface area contributed by atoms with Crippen molar-refractivity contribution >= 4 is 49.6 Å². The summed E-state index contributed by atoms with van der Waals surface area (Å²) < 4.78 is -0.517. The van der Waals surface area contributed by atoms with Gasteiger partial charge in [-0.3, -0.25) is 4.79 Å². The van der Waals surface area contributed by atoms with E-state index in [1.54, 1.807) is 6.20 Å². The SMILES string of the molecule is O=C(O)C(NC(=S)Cc1cnc[nH]1)C(=O)I. The van der Waals surface area contributed by atoms with Crippen molar-refractivity contribution in [3.63, 3.8) is 0 Å². The number of nitrogens with zero attached hydrogens (tertiary/aromatic N) is 1. The second kappa shape index (κ2) is 5.89. The molecule has 1 heterocycles. The van der Waals surface area contributed by atoms with Crippen LogP contribution in [0.5, 0.6) is 0 Å². The minimum absolute atomic E-state index is 0.279. The van der Waals surface area contributed by atoms with Gasteiger partial charge < -0.3 is 15.4 Å². The zero-order valence-electron chi connectivity index (χ0n) is 7.94. The van der Waals surface area contributed by atoms with Crippen molar-refractivity contribution in [3.05, 3.63) is 18.2 Å². The van der Waals surface area contributed by atoms with Crippen LogP contribution in [0.15, 0.2) is 12.5 Å². The van der Waals surface area contributed by atoms with Gasteiger partial charge in [-0.1, -0.05) is 12.2 Å². The number of thiocarbonyl (C=S) groups is 1. The zero-order chi connectivity index (χ0) is 12.1. The Labute approximate surface area is 110 Å². The summed E-state index contributed by atoms with van der Waals surface area (Å²) >= 11 is 6.36. The van der Waals surface area contributed by atoms with E-state index in [0.29, 0.717) is 6.42 Å². The largest absolute Gasteiger partial charge is 0.479 e. The molecule has 0 aliphatic rings. The molecule has 8 heteroatoms. The summed E-state index contributed by atoms with van der Waals surface area (Å²) in [4.78, 5) is 28.6. The highest BCUT2D eigenvalue weighted by Crippen LogP contribution is 1.99. The Morgan fingerprint density at radius 3 is 2.81 bits per heavy atom. The van der Waals surface area contributed by atoms with Gasteiger partial charge in [-0.2, -0.15) is 0 Å². The van der Waals surface area contributed by atoms with Gasteiger partial charge in [0.1, 0.15) is 0 Å². The van der Waals surface area contributed by atoms with Crippen LogP contribution < -0.4 is 5.32 Å². The molecule has 1 rings (SSSR count). The van der Waals surface area contributed by atoms with E-state index in [2.05, 4.69) is 15.3 Å². The van der Waals surface area contributed by atoms with Crippen molar-refractivity contribution < 1.29 is 14.7 Å². The van der Waals surface area contributed by atoms with Gasteiger partial charge in [-0.15, -0.1) is 0 Å². The van der Waals surface area contributed by atoms with Crippen LogP contribution in [-0.4, -0.2) is 35.9 Å². The smallest absolute Gasteiger partial charge is 0.334 e. The van der Waals surface area contributed by atoms with Crippen molar-refractivity contribution in [1.82, 2.24) is 15.3 Å². The number of carboxylic acid groups (broad SMARTS) is 1. The van der Waals surface area contributed by atoms with Gasteiger partial charge in [0.2, 0.25) is 3.79 Å². The highest BCUT2D eigenvalue weighted by Gasteiger charge is 2.24. The third-order valence-corrected chi connectivity index (χ3v) is 2.57. The fraction of sp³-hybridized carbons (Fsp3) is 0.250. The summed E-state index contributed by atoms with van der Waals surface area (Å²) in [5.74, 6) is -1.24. The van der Waals surface area contributed by atoms with Crippen LogP contribution in [0, 0.1) is 0 Å². The predicted molar refractivity (Wildman–Crippen MR) is 68.5 cm³/mol. The van der Waals surface area contributed by atoms with Gasteiger partial charge >= 0.3 is 5.97 Å². The van der Waals surface area contributed by atoms with Crippen LogP contribution in [0.4, 0.5) is 0 Å². The first-order chi connectivity index (χ1) is 7.50. The molecule has 0 radical (unpaired) electrons. The quantitative estimate of drug-likeness (QED) is 0.305. The molecule has 1 aromatic heterocycles. The van der Waals surface area contributed by atoms with Gasteiger partial charge in [-0.05, 0) is 0 Å². The number of imidazole rings is 1. The molecule has 0 bridgehead atoms.